The maximum absolute atomic E-state index is 12.2. The zero-order valence-corrected chi connectivity index (χ0v) is 17.1. The van der Waals surface area contributed by atoms with Crippen LogP contribution in [0, 0.1) is 0 Å². The van der Waals surface area contributed by atoms with Crippen LogP contribution in [-0.4, -0.2) is 46.9 Å². The first-order chi connectivity index (χ1) is 13.9. The van der Waals surface area contributed by atoms with Crippen LogP contribution in [0.4, 0.5) is 0 Å². The van der Waals surface area contributed by atoms with Gasteiger partial charge >= 0.3 is 0 Å². The van der Waals surface area contributed by atoms with Crippen LogP contribution in [0.5, 0.6) is 11.5 Å². The summed E-state index contributed by atoms with van der Waals surface area (Å²) in [6.07, 6.45) is 0.421. The van der Waals surface area contributed by atoms with Crippen LogP contribution >= 0.6 is 0 Å². The molecule has 2 aromatic carbocycles. The number of sulfonamides is 1. The van der Waals surface area contributed by atoms with E-state index < -0.39 is 10.0 Å². The number of amides is 1. The Bertz CT molecular complexity index is 924. The quantitative estimate of drug-likeness (QED) is 0.423. The Morgan fingerprint density at radius 3 is 2.14 bits per heavy atom. The van der Waals surface area contributed by atoms with Crippen molar-refractivity contribution in [1.82, 2.24) is 10.0 Å². The Morgan fingerprint density at radius 1 is 0.931 bits per heavy atom. The largest absolute Gasteiger partial charge is 0.497 e. The van der Waals surface area contributed by atoms with E-state index in [1.165, 1.54) is 19.2 Å². The SMILES string of the molecule is CCC(=O)c1ccc(OCC(=O)NCCNS(=O)(=O)c2ccc(OC)cc2)cc1. The first kappa shape index (κ1) is 22.4. The molecule has 2 N–H and O–H groups in total. The van der Waals surface area contributed by atoms with Gasteiger partial charge < -0.3 is 14.8 Å². The summed E-state index contributed by atoms with van der Waals surface area (Å²) in [5.41, 5.74) is 0.591. The van der Waals surface area contributed by atoms with E-state index in [1.54, 1.807) is 43.3 Å². The third-order valence-corrected chi connectivity index (χ3v) is 5.45. The van der Waals surface area contributed by atoms with E-state index in [2.05, 4.69) is 10.0 Å². The summed E-state index contributed by atoms with van der Waals surface area (Å²) < 4.78 is 37.1. The zero-order chi connectivity index (χ0) is 21.3. The van der Waals surface area contributed by atoms with E-state index in [4.69, 9.17) is 9.47 Å². The molecule has 0 bridgehead atoms. The lowest BCUT2D eigenvalue weighted by molar-refractivity contribution is -0.123. The first-order valence-electron chi connectivity index (χ1n) is 9.02. The molecule has 0 saturated carbocycles. The Morgan fingerprint density at radius 2 is 1.55 bits per heavy atom. The standard InChI is InChI=1S/C20H24N2O6S/c1-3-19(23)15-4-6-17(7-5-15)28-14-20(24)21-12-13-22-29(25,26)18-10-8-16(27-2)9-11-18/h4-11,22H,3,12-14H2,1-2H3,(H,21,24). The highest BCUT2D eigenvalue weighted by Crippen LogP contribution is 2.15. The van der Waals surface area contributed by atoms with Crippen LogP contribution in [0.2, 0.25) is 0 Å². The van der Waals surface area contributed by atoms with Crippen molar-refractivity contribution in [1.29, 1.82) is 0 Å². The van der Waals surface area contributed by atoms with Gasteiger partial charge in [0.25, 0.3) is 5.91 Å². The van der Waals surface area contributed by atoms with E-state index in [1.807, 2.05) is 0 Å². The Balaban J connectivity index is 1.71. The normalized spacial score (nSPS) is 11.0. The molecule has 8 nitrogen and oxygen atoms in total. The third kappa shape index (κ3) is 6.88. The Labute approximate surface area is 170 Å². The average Bonchev–Trinajstić information content (AvgIpc) is 2.75. The van der Waals surface area contributed by atoms with Gasteiger partial charge in [-0.2, -0.15) is 0 Å². The molecule has 0 atom stereocenters. The van der Waals surface area contributed by atoms with E-state index in [9.17, 15) is 18.0 Å². The van der Waals surface area contributed by atoms with Crippen LogP contribution in [0.3, 0.4) is 0 Å². The van der Waals surface area contributed by atoms with Crippen LogP contribution < -0.4 is 19.5 Å². The second-order valence-electron chi connectivity index (χ2n) is 6.01. The van der Waals surface area contributed by atoms with Gasteiger partial charge in [-0.3, -0.25) is 9.59 Å². The molecule has 1 amide bonds. The number of rotatable bonds is 11. The van der Waals surface area contributed by atoms with E-state index in [0.29, 0.717) is 23.5 Å². The molecule has 0 spiro atoms. The highest BCUT2D eigenvalue weighted by atomic mass is 32.2. The van der Waals surface area contributed by atoms with Crippen molar-refractivity contribution >= 4 is 21.7 Å². The summed E-state index contributed by atoms with van der Waals surface area (Å²) in [6, 6.07) is 12.5. The summed E-state index contributed by atoms with van der Waals surface area (Å²) in [4.78, 5) is 23.5. The lowest BCUT2D eigenvalue weighted by atomic mass is 10.1. The molecule has 9 heteroatoms. The number of hydrogen-bond donors (Lipinski definition) is 2. The topological polar surface area (TPSA) is 111 Å². The summed E-state index contributed by atoms with van der Waals surface area (Å²) in [5, 5.41) is 2.57. The number of Topliss-reactive ketones (excluding diaryl/α,β-unsaturated/α-hetero) is 1. The average molecular weight is 420 g/mol. The zero-order valence-electron chi connectivity index (χ0n) is 16.3. The van der Waals surface area contributed by atoms with Crippen molar-refractivity contribution in [2.75, 3.05) is 26.8 Å². The molecule has 2 rings (SSSR count). The van der Waals surface area contributed by atoms with Gasteiger partial charge in [-0.15, -0.1) is 0 Å². The monoisotopic (exact) mass is 420 g/mol. The Kier molecular flexibility index (Phi) is 8.17. The molecule has 0 aliphatic carbocycles. The molecular weight excluding hydrogens is 396 g/mol. The second-order valence-corrected chi connectivity index (χ2v) is 7.78. The van der Waals surface area contributed by atoms with Crippen LogP contribution in [-0.2, 0) is 14.8 Å². The Hall–Kier alpha value is -2.91. The van der Waals surface area contributed by atoms with Crippen molar-refractivity contribution in [2.45, 2.75) is 18.2 Å². The number of benzene rings is 2. The number of hydrogen-bond acceptors (Lipinski definition) is 6. The van der Waals surface area contributed by atoms with Crippen LogP contribution in [0.1, 0.15) is 23.7 Å². The van der Waals surface area contributed by atoms with Crippen molar-refractivity contribution in [3.8, 4) is 11.5 Å². The number of carbonyl (C=O) groups is 2. The third-order valence-electron chi connectivity index (χ3n) is 3.98. The van der Waals surface area contributed by atoms with Gasteiger partial charge in [0, 0.05) is 25.1 Å². The fourth-order valence-corrected chi connectivity index (χ4v) is 3.40. The maximum atomic E-state index is 12.2. The smallest absolute Gasteiger partial charge is 0.257 e. The van der Waals surface area contributed by atoms with Gasteiger partial charge in [0.2, 0.25) is 10.0 Å². The molecule has 0 fully saturated rings. The molecule has 0 heterocycles. The lowest BCUT2D eigenvalue weighted by Gasteiger charge is -2.10. The van der Waals surface area contributed by atoms with Crippen LogP contribution in [0.25, 0.3) is 0 Å². The maximum Gasteiger partial charge on any atom is 0.257 e. The van der Waals surface area contributed by atoms with Gasteiger partial charge in [-0.25, -0.2) is 13.1 Å². The number of nitrogens with one attached hydrogen (secondary N) is 2. The molecule has 0 unspecified atom stereocenters. The highest BCUT2D eigenvalue weighted by Gasteiger charge is 2.13. The summed E-state index contributed by atoms with van der Waals surface area (Å²) in [7, 11) is -2.17. The molecular formula is C20H24N2O6S. The lowest BCUT2D eigenvalue weighted by Crippen LogP contribution is -2.36. The molecule has 156 valence electrons. The van der Waals surface area contributed by atoms with Crippen molar-refractivity contribution in [2.24, 2.45) is 0 Å². The molecule has 2 aromatic rings. The van der Waals surface area contributed by atoms with E-state index in [-0.39, 0.29) is 36.3 Å². The highest BCUT2D eigenvalue weighted by molar-refractivity contribution is 7.89. The molecule has 0 radical (unpaired) electrons. The molecule has 0 aliphatic heterocycles. The minimum absolute atomic E-state index is 0.0337. The minimum Gasteiger partial charge on any atom is -0.497 e. The fourth-order valence-electron chi connectivity index (χ4n) is 2.37. The summed E-state index contributed by atoms with van der Waals surface area (Å²) in [6.45, 7) is 1.72. The summed E-state index contributed by atoms with van der Waals surface area (Å²) in [5.74, 6) is 0.671. The van der Waals surface area contributed by atoms with Gasteiger partial charge in [0.1, 0.15) is 11.5 Å². The van der Waals surface area contributed by atoms with E-state index >= 15 is 0 Å². The van der Waals surface area contributed by atoms with Crippen molar-refractivity contribution in [3.63, 3.8) is 0 Å². The van der Waals surface area contributed by atoms with Crippen molar-refractivity contribution < 1.29 is 27.5 Å². The second kappa shape index (κ2) is 10.6. The molecule has 0 aromatic heterocycles. The number of carbonyl (C=O) groups excluding carboxylic acids is 2. The van der Waals surface area contributed by atoms with E-state index in [0.717, 1.165) is 0 Å². The van der Waals surface area contributed by atoms with Crippen molar-refractivity contribution in [3.05, 3.63) is 54.1 Å². The first-order valence-corrected chi connectivity index (χ1v) is 10.5. The van der Waals surface area contributed by atoms with Gasteiger partial charge in [-0.05, 0) is 48.5 Å². The van der Waals surface area contributed by atoms with Crippen LogP contribution in [0.15, 0.2) is 53.4 Å². The predicted octanol–water partition coefficient (Wildman–Crippen LogP) is 1.76. The van der Waals surface area contributed by atoms with Gasteiger partial charge in [0.05, 0.1) is 12.0 Å². The fraction of sp³-hybridized carbons (Fsp3) is 0.300. The predicted molar refractivity (Wildman–Crippen MR) is 108 cm³/mol. The minimum atomic E-state index is -3.67. The summed E-state index contributed by atoms with van der Waals surface area (Å²) >= 11 is 0. The van der Waals surface area contributed by atoms with Gasteiger partial charge in [0.15, 0.2) is 12.4 Å². The molecule has 0 aliphatic rings. The number of ketones is 1. The number of ether oxygens (including phenoxy) is 2. The molecule has 29 heavy (non-hydrogen) atoms. The van der Waals surface area contributed by atoms with Gasteiger partial charge in [-0.1, -0.05) is 6.92 Å². The molecule has 0 saturated heterocycles. The number of methoxy groups -OCH3 is 1.